The lowest BCUT2D eigenvalue weighted by molar-refractivity contribution is 0.0450. The molecule has 0 saturated carbocycles. The number of rotatable bonds is 8. The predicted molar refractivity (Wildman–Crippen MR) is 120 cm³/mol. The molecule has 2 aromatic heterocycles. The molecule has 0 N–H and O–H groups in total. The molecule has 0 spiro atoms. The average Bonchev–Trinajstić information content (AvgIpc) is 3.23. The number of anilines is 1. The van der Waals surface area contributed by atoms with E-state index >= 15 is 0 Å². The monoisotopic (exact) mass is 451 g/mol. The van der Waals surface area contributed by atoms with Crippen LogP contribution < -0.4 is 19.1 Å². The minimum absolute atomic E-state index is 0.314. The second-order valence-electron chi connectivity index (χ2n) is 7.82. The van der Waals surface area contributed by atoms with Gasteiger partial charge in [-0.05, 0) is 43.2 Å². The number of ether oxygens (including phenoxy) is 5. The van der Waals surface area contributed by atoms with E-state index in [1.165, 1.54) is 0 Å². The van der Waals surface area contributed by atoms with Crippen molar-refractivity contribution in [3.8, 4) is 17.4 Å². The molecule has 4 heterocycles. The van der Waals surface area contributed by atoms with Gasteiger partial charge in [0.15, 0.2) is 11.5 Å². The summed E-state index contributed by atoms with van der Waals surface area (Å²) in [5, 5.41) is 0. The van der Waals surface area contributed by atoms with Gasteiger partial charge in [0.05, 0.1) is 37.0 Å². The number of benzene rings is 1. The molecule has 3 aromatic rings. The van der Waals surface area contributed by atoms with Gasteiger partial charge in [0.1, 0.15) is 19.3 Å². The number of aryl methyl sites for hydroxylation is 1. The van der Waals surface area contributed by atoms with Crippen LogP contribution in [0.5, 0.6) is 17.4 Å². The first-order valence-electron chi connectivity index (χ1n) is 11.0. The number of cyclic esters (lactones) is 1. The van der Waals surface area contributed by atoms with Crippen molar-refractivity contribution in [2.24, 2.45) is 0 Å². The number of carbonyl (C=O) groups is 1. The van der Waals surface area contributed by atoms with Crippen molar-refractivity contribution in [3.05, 3.63) is 48.2 Å². The van der Waals surface area contributed by atoms with Gasteiger partial charge in [-0.25, -0.2) is 9.78 Å². The Kier molecular flexibility index (Phi) is 6.12. The Bertz CT molecular complexity index is 1150. The molecule has 0 radical (unpaired) electrons. The zero-order chi connectivity index (χ0) is 22.6. The maximum Gasteiger partial charge on any atom is 0.414 e. The van der Waals surface area contributed by atoms with E-state index in [-0.39, 0.29) is 12.2 Å². The Hall–Kier alpha value is -3.59. The van der Waals surface area contributed by atoms with E-state index in [2.05, 4.69) is 9.97 Å². The van der Waals surface area contributed by atoms with Gasteiger partial charge in [0.25, 0.3) is 0 Å². The van der Waals surface area contributed by atoms with Gasteiger partial charge in [-0.15, -0.1) is 0 Å². The molecule has 33 heavy (non-hydrogen) atoms. The van der Waals surface area contributed by atoms with Crippen molar-refractivity contribution in [2.45, 2.75) is 18.9 Å². The summed E-state index contributed by atoms with van der Waals surface area (Å²) >= 11 is 0. The van der Waals surface area contributed by atoms with Crippen molar-refractivity contribution >= 4 is 22.8 Å². The Morgan fingerprint density at radius 3 is 2.73 bits per heavy atom. The zero-order valence-electron chi connectivity index (χ0n) is 18.4. The number of pyridine rings is 2. The highest BCUT2D eigenvalue weighted by Crippen LogP contribution is 2.35. The molecule has 0 unspecified atom stereocenters. The lowest BCUT2D eigenvalue weighted by atomic mass is 10.2. The Morgan fingerprint density at radius 2 is 1.85 bits per heavy atom. The summed E-state index contributed by atoms with van der Waals surface area (Å²) in [4.78, 5) is 22.9. The molecule has 5 rings (SSSR count). The number of fused-ring (bicyclic) bond motifs is 2. The van der Waals surface area contributed by atoms with Crippen LogP contribution in [0, 0.1) is 0 Å². The maximum atomic E-state index is 12.3. The summed E-state index contributed by atoms with van der Waals surface area (Å²) in [5.41, 5.74) is 3.35. The molecule has 1 atom stereocenters. The average molecular weight is 451 g/mol. The fourth-order valence-electron chi connectivity index (χ4n) is 3.88. The normalized spacial score (nSPS) is 17.3. The first-order valence-corrected chi connectivity index (χ1v) is 11.0. The molecule has 9 heteroatoms. The lowest BCUT2D eigenvalue weighted by Gasteiger charge is -2.21. The van der Waals surface area contributed by atoms with Gasteiger partial charge in [0.2, 0.25) is 5.88 Å². The minimum Gasteiger partial charge on any atom is -0.486 e. The van der Waals surface area contributed by atoms with Gasteiger partial charge < -0.3 is 23.7 Å². The summed E-state index contributed by atoms with van der Waals surface area (Å²) in [7, 11) is 1.60. The molecule has 172 valence electrons. The Balaban J connectivity index is 1.08. The highest BCUT2D eigenvalue weighted by molar-refractivity contribution is 5.90. The fraction of sp³-hybridized carbons (Fsp3) is 0.375. The van der Waals surface area contributed by atoms with Crippen molar-refractivity contribution < 1.29 is 28.5 Å². The number of carbonyl (C=O) groups excluding carboxylic acids is 1. The molecule has 1 fully saturated rings. The third kappa shape index (κ3) is 4.78. The topological polar surface area (TPSA) is 92.2 Å². The number of nitrogens with zero attached hydrogens (tertiary/aromatic N) is 3. The van der Waals surface area contributed by atoms with Crippen molar-refractivity contribution in [1.82, 2.24) is 9.97 Å². The molecule has 9 nitrogen and oxygen atoms in total. The van der Waals surface area contributed by atoms with E-state index in [4.69, 9.17) is 23.7 Å². The number of hydrogen-bond donors (Lipinski definition) is 0. The molecule has 1 saturated heterocycles. The highest BCUT2D eigenvalue weighted by atomic mass is 16.6. The van der Waals surface area contributed by atoms with Gasteiger partial charge in [-0.2, -0.15) is 0 Å². The highest BCUT2D eigenvalue weighted by Gasteiger charge is 2.33. The molecule has 0 aliphatic carbocycles. The zero-order valence-corrected chi connectivity index (χ0v) is 18.4. The molecular formula is C24H25N3O6. The lowest BCUT2D eigenvalue weighted by Crippen LogP contribution is -2.26. The molecule has 2 aliphatic rings. The van der Waals surface area contributed by atoms with E-state index in [0.717, 1.165) is 35.3 Å². The summed E-state index contributed by atoms with van der Waals surface area (Å²) in [6.45, 7) is 2.36. The molecule has 1 amide bonds. The van der Waals surface area contributed by atoms with E-state index in [1.54, 1.807) is 24.1 Å². The van der Waals surface area contributed by atoms with Gasteiger partial charge in [0, 0.05) is 24.4 Å². The summed E-state index contributed by atoms with van der Waals surface area (Å²) in [6.07, 6.45) is 0.904. The Labute approximate surface area is 191 Å². The van der Waals surface area contributed by atoms with Crippen LogP contribution in [0.3, 0.4) is 0 Å². The largest absolute Gasteiger partial charge is 0.486 e. The van der Waals surface area contributed by atoms with E-state index in [0.29, 0.717) is 50.4 Å². The van der Waals surface area contributed by atoms with Crippen molar-refractivity contribution in [1.29, 1.82) is 0 Å². The standard InChI is InChI=1S/C24H25N3O6/c1-29-23-9-7-19-20(26-23)6-4-16(25-19)3-2-10-30-15-18-14-27(24(28)33-18)17-5-8-21-22(13-17)32-12-11-31-21/h4-9,13,18H,2-3,10-12,14-15H2,1H3/t18-/m0/s1. The summed E-state index contributed by atoms with van der Waals surface area (Å²) in [6, 6.07) is 13.1. The molecular weight excluding hydrogens is 426 g/mol. The van der Waals surface area contributed by atoms with Crippen LogP contribution in [-0.2, 0) is 15.9 Å². The van der Waals surface area contributed by atoms with Crippen LogP contribution >= 0.6 is 0 Å². The van der Waals surface area contributed by atoms with Crippen LogP contribution in [0.25, 0.3) is 11.0 Å². The third-order valence-corrected chi connectivity index (χ3v) is 5.52. The van der Waals surface area contributed by atoms with Crippen LogP contribution in [0.1, 0.15) is 12.1 Å². The second-order valence-corrected chi connectivity index (χ2v) is 7.82. The SMILES string of the molecule is COc1ccc2nc(CCCOC[C@@H]3CN(c4ccc5c(c4)OCCO5)C(=O)O3)ccc2n1. The smallest absolute Gasteiger partial charge is 0.414 e. The van der Waals surface area contributed by atoms with Crippen LogP contribution in [0.2, 0.25) is 0 Å². The summed E-state index contributed by atoms with van der Waals surface area (Å²) < 4.78 is 27.5. The molecule has 0 bridgehead atoms. The van der Waals surface area contributed by atoms with Gasteiger partial charge in [-0.1, -0.05) is 0 Å². The van der Waals surface area contributed by atoms with Crippen LogP contribution in [-0.4, -0.2) is 62.2 Å². The Morgan fingerprint density at radius 1 is 1.03 bits per heavy atom. The third-order valence-electron chi connectivity index (χ3n) is 5.52. The first-order chi connectivity index (χ1) is 16.2. The van der Waals surface area contributed by atoms with Crippen LogP contribution in [0.4, 0.5) is 10.5 Å². The van der Waals surface area contributed by atoms with Crippen molar-refractivity contribution in [2.75, 3.05) is 45.0 Å². The molecule has 1 aromatic carbocycles. The maximum absolute atomic E-state index is 12.3. The minimum atomic E-state index is -0.383. The summed E-state index contributed by atoms with van der Waals surface area (Å²) in [5.74, 6) is 1.91. The number of amides is 1. The van der Waals surface area contributed by atoms with Gasteiger partial charge in [-0.3, -0.25) is 9.88 Å². The quantitative estimate of drug-likeness (QED) is 0.482. The fourth-order valence-corrected chi connectivity index (χ4v) is 3.88. The van der Waals surface area contributed by atoms with Gasteiger partial charge >= 0.3 is 6.09 Å². The van der Waals surface area contributed by atoms with E-state index < -0.39 is 0 Å². The number of methoxy groups -OCH3 is 1. The predicted octanol–water partition coefficient (Wildman–Crippen LogP) is 3.38. The van der Waals surface area contributed by atoms with E-state index in [1.807, 2.05) is 30.3 Å². The first kappa shape index (κ1) is 21.3. The van der Waals surface area contributed by atoms with Crippen molar-refractivity contribution in [3.63, 3.8) is 0 Å². The van der Waals surface area contributed by atoms with E-state index in [9.17, 15) is 4.79 Å². The number of aromatic nitrogens is 2. The second kappa shape index (κ2) is 9.50. The van der Waals surface area contributed by atoms with Crippen LogP contribution in [0.15, 0.2) is 42.5 Å². The molecule has 2 aliphatic heterocycles. The number of hydrogen-bond acceptors (Lipinski definition) is 8.